The Morgan fingerprint density at radius 1 is 1.40 bits per heavy atom. The number of carboxylic acid groups (broad SMARTS) is 1. The molecular formula is C11H12ClNaO2. The average molecular weight is 235 g/mol. The van der Waals surface area contributed by atoms with E-state index in [4.69, 9.17) is 11.6 Å². The Kier molecular flexibility index (Phi) is 11.7. The molecule has 0 amide bonds. The van der Waals surface area contributed by atoms with Crippen LogP contribution < -0.4 is 34.7 Å². The number of halogens is 1. The first-order chi connectivity index (χ1) is 6.57. The van der Waals surface area contributed by atoms with Crippen molar-refractivity contribution in [2.24, 2.45) is 0 Å². The smallest absolute Gasteiger partial charge is 0.545 e. The number of carboxylic acids is 1. The van der Waals surface area contributed by atoms with Crippen LogP contribution in [0.2, 0.25) is 0 Å². The summed E-state index contributed by atoms with van der Waals surface area (Å²) in [4.78, 5) is 9.49. The second kappa shape index (κ2) is 10.2. The number of carbonyl (C=O) groups is 1. The summed E-state index contributed by atoms with van der Waals surface area (Å²) in [5.41, 5.74) is 1.24. The molecule has 0 atom stereocenters. The maximum absolute atomic E-state index is 9.49. The summed E-state index contributed by atoms with van der Waals surface area (Å²) in [7, 11) is 0. The molecule has 0 aromatic heterocycles. The van der Waals surface area contributed by atoms with E-state index in [0.717, 1.165) is 0 Å². The van der Waals surface area contributed by atoms with Crippen molar-refractivity contribution in [2.75, 3.05) is 0 Å². The maximum atomic E-state index is 9.49. The minimum atomic E-state index is -1.19. The van der Waals surface area contributed by atoms with E-state index in [1.54, 1.807) is 0 Å². The van der Waals surface area contributed by atoms with Gasteiger partial charge < -0.3 is 9.90 Å². The van der Waals surface area contributed by atoms with E-state index >= 15 is 0 Å². The van der Waals surface area contributed by atoms with Crippen LogP contribution in [0.5, 0.6) is 0 Å². The van der Waals surface area contributed by atoms with Gasteiger partial charge in [-0.3, -0.25) is 0 Å². The van der Waals surface area contributed by atoms with E-state index in [-0.39, 0.29) is 35.1 Å². The standard InChI is InChI=1S/C7H7Cl.C4H6O2.Na/c8-6-7-4-2-1-3-5-7;1-3(2)4(5)6;/h1-5H,6H2;1H2,2H3,(H,5,6);/q;;+1/p-1. The minimum Gasteiger partial charge on any atom is -0.545 e. The van der Waals surface area contributed by atoms with E-state index < -0.39 is 5.97 Å². The Balaban J connectivity index is 0. The summed E-state index contributed by atoms with van der Waals surface area (Å²) in [6, 6.07) is 9.96. The molecule has 0 heterocycles. The van der Waals surface area contributed by atoms with Gasteiger partial charge in [0, 0.05) is 5.88 Å². The third kappa shape index (κ3) is 10.0. The van der Waals surface area contributed by atoms with Gasteiger partial charge in [-0.2, -0.15) is 0 Å². The third-order valence-electron chi connectivity index (χ3n) is 1.35. The molecule has 0 radical (unpaired) electrons. The van der Waals surface area contributed by atoms with Crippen LogP contribution in [0.4, 0.5) is 0 Å². The molecule has 0 saturated carbocycles. The van der Waals surface area contributed by atoms with Crippen LogP contribution >= 0.6 is 11.6 Å². The Morgan fingerprint density at radius 2 is 1.80 bits per heavy atom. The molecule has 0 spiro atoms. The SMILES string of the molecule is C=C(C)C(=O)[O-].ClCc1ccccc1.[Na+]. The number of alkyl halides is 1. The largest absolute Gasteiger partial charge is 1.00 e. The van der Waals surface area contributed by atoms with Gasteiger partial charge in [-0.15, -0.1) is 11.6 Å². The molecule has 4 heteroatoms. The van der Waals surface area contributed by atoms with Crippen molar-refractivity contribution < 1.29 is 39.5 Å². The number of carbonyl (C=O) groups excluding carboxylic acids is 1. The Hall–Kier alpha value is -0.280. The van der Waals surface area contributed by atoms with Crippen molar-refractivity contribution in [1.29, 1.82) is 0 Å². The van der Waals surface area contributed by atoms with Crippen molar-refractivity contribution in [1.82, 2.24) is 0 Å². The summed E-state index contributed by atoms with van der Waals surface area (Å²) < 4.78 is 0. The van der Waals surface area contributed by atoms with E-state index in [9.17, 15) is 9.90 Å². The van der Waals surface area contributed by atoms with Crippen LogP contribution in [-0.4, -0.2) is 5.97 Å². The van der Waals surface area contributed by atoms with Crippen molar-refractivity contribution in [3.63, 3.8) is 0 Å². The molecule has 15 heavy (non-hydrogen) atoms. The van der Waals surface area contributed by atoms with Gasteiger partial charge in [-0.25, -0.2) is 0 Å². The van der Waals surface area contributed by atoms with Crippen LogP contribution in [0.15, 0.2) is 42.5 Å². The van der Waals surface area contributed by atoms with Gasteiger partial charge in [-0.05, 0) is 18.1 Å². The Bertz CT molecular complexity index is 287. The molecule has 0 fully saturated rings. The van der Waals surface area contributed by atoms with Crippen LogP contribution in [0.1, 0.15) is 12.5 Å². The van der Waals surface area contributed by atoms with Gasteiger partial charge in [0.25, 0.3) is 0 Å². The second-order valence-electron chi connectivity index (χ2n) is 2.69. The summed E-state index contributed by atoms with van der Waals surface area (Å²) in [6.45, 7) is 4.48. The summed E-state index contributed by atoms with van der Waals surface area (Å²) in [5.74, 6) is -0.573. The Labute approximate surface area is 117 Å². The normalized spacial score (nSPS) is 7.87. The molecule has 1 rings (SSSR count). The van der Waals surface area contributed by atoms with Crippen molar-refractivity contribution in [3.05, 3.63) is 48.0 Å². The van der Waals surface area contributed by atoms with E-state index in [1.165, 1.54) is 12.5 Å². The molecule has 76 valence electrons. The molecule has 0 unspecified atom stereocenters. The maximum Gasteiger partial charge on any atom is 1.00 e. The van der Waals surface area contributed by atoms with Gasteiger partial charge in [-0.1, -0.05) is 36.9 Å². The zero-order valence-corrected chi connectivity index (χ0v) is 11.8. The summed E-state index contributed by atoms with van der Waals surface area (Å²) in [5, 5.41) is 9.49. The molecule has 2 nitrogen and oxygen atoms in total. The van der Waals surface area contributed by atoms with E-state index in [1.807, 2.05) is 30.3 Å². The fraction of sp³-hybridized carbons (Fsp3) is 0.182. The van der Waals surface area contributed by atoms with Gasteiger partial charge in [0.05, 0.1) is 5.97 Å². The zero-order chi connectivity index (χ0) is 11.0. The second-order valence-corrected chi connectivity index (χ2v) is 2.95. The predicted molar refractivity (Wildman–Crippen MR) is 55.8 cm³/mol. The van der Waals surface area contributed by atoms with Gasteiger partial charge >= 0.3 is 29.6 Å². The van der Waals surface area contributed by atoms with Crippen LogP contribution in [-0.2, 0) is 10.7 Å². The van der Waals surface area contributed by atoms with E-state index in [0.29, 0.717) is 5.88 Å². The molecule has 0 aliphatic carbocycles. The number of hydrogen-bond acceptors (Lipinski definition) is 2. The molecule has 0 aliphatic heterocycles. The zero-order valence-electron chi connectivity index (χ0n) is 9.00. The van der Waals surface area contributed by atoms with Crippen molar-refractivity contribution in [3.8, 4) is 0 Å². The molecular weight excluding hydrogens is 223 g/mol. The van der Waals surface area contributed by atoms with Crippen molar-refractivity contribution >= 4 is 17.6 Å². The van der Waals surface area contributed by atoms with Gasteiger partial charge in [0.2, 0.25) is 0 Å². The predicted octanol–water partition coefficient (Wildman–Crippen LogP) is -1.26. The molecule has 1 aromatic rings. The third-order valence-corrected chi connectivity index (χ3v) is 1.65. The molecule has 1 aromatic carbocycles. The molecule has 0 bridgehead atoms. The quantitative estimate of drug-likeness (QED) is 0.364. The molecule has 0 aliphatic rings. The van der Waals surface area contributed by atoms with E-state index in [2.05, 4.69) is 6.58 Å². The van der Waals surface area contributed by atoms with Gasteiger partial charge in [0.1, 0.15) is 0 Å². The average Bonchev–Trinajstić information content (AvgIpc) is 2.20. The summed E-state index contributed by atoms with van der Waals surface area (Å²) >= 11 is 5.53. The first-order valence-corrected chi connectivity index (χ1v) is 4.58. The van der Waals surface area contributed by atoms with Crippen LogP contribution in [0.3, 0.4) is 0 Å². The topological polar surface area (TPSA) is 40.1 Å². The first kappa shape index (κ1) is 17.1. The fourth-order valence-electron chi connectivity index (χ4n) is 0.567. The fourth-order valence-corrected chi connectivity index (χ4v) is 0.745. The van der Waals surface area contributed by atoms with Crippen LogP contribution in [0.25, 0.3) is 0 Å². The number of benzene rings is 1. The molecule has 0 N–H and O–H groups in total. The van der Waals surface area contributed by atoms with Gasteiger partial charge in [0.15, 0.2) is 0 Å². The minimum absolute atomic E-state index is 0. The summed E-state index contributed by atoms with van der Waals surface area (Å²) in [6.07, 6.45) is 0. The number of aliphatic carboxylic acids is 1. The first-order valence-electron chi connectivity index (χ1n) is 4.04. The monoisotopic (exact) mass is 234 g/mol. The number of hydrogen-bond donors (Lipinski definition) is 0. The van der Waals surface area contributed by atoms with Crippen molar-refractivity contribution in [2.45, 2.75) is 12.8 Å². The molecule has 0 saturated heterocycles. The Morgan fingerprint density at radius 3 is 2.00 bits per heavy atom. The number of rotatable bonds is 2. The van der Waals surface area contributed by atoms with Crippen LogP contribution in [0, 0.1) is 0 Å².